The minimum Gasteiger partial charge on any atom is -0.385 e. The molecule has 1 aromatic carbocycles. The second kappa shape index (κ2) is 16.2. The number of methoxy groups -OCH3 is 1. The molecular formula is C20H32IN5O2. The number of hydrogen-bond acceptors (Lipinski definition) is 4. The highest BCUT2D eigenvalue weighted by molar-refractivity contribution is 14.0. The van der Waals surface area contributed by atoms with Crippen molar-refractivity contribution in [3.8, 4) is 12.3 Å². The number of guanidine groups is 1. The number of carbonyl (C=O) groups is 1. The summed E-state index contributed by atoms with van der Waals surface area (Å²) in [5.74, 6) is 2.97. The van der Waals surface area contributed by atoms with Crippen LogP contribution < -0.4 is 16.0 Å². The van der Waals surface area contributed by atoms with Gasteiger partial charge in [0.25, 0.3) is 0 Å². The third-order valence-electron chi connectivity index (χ3n) is 3.71. The summed E-state index contributed by atoms with van der Waals surface area (Å²) in [6.07, 6.45) is 6.37. The molecule has 0 spiro atoms. The summed E-state index contributed by atoms with van der Waals surface area (Å²) in [6, 6.07) is 7.17. The molecule has 0 bridgehead atoms. The molecule has 1 aromatic rings. The molecule has 28 heavy (non-hydrogen) atoms. The van der Waals surface area contributed by atoms with Crippen molar-refractivity contribution in [2.24, 2.45) is 4.99 Å². The zero-order valence-electron chi connectivity index (χ0n) is 17.0. The summed E-state index contributed by atoms with van der Waals surface area (Å²) >= 11 is 0. The Hall–Kier alpha value is -1.83. The molecule has 0 saturated carbocycles. The van der Waals surface area contributed by atoms with E-state index in [9.17, 15) is 4.79 Å². The van der Waals surface area contributed by atoms with Gasteiger partial charge in [-0.3, -0.25) is 4.79 Å². The van der Waals surface area contributed by atoms with E-state index < -0.39 is 0 Å². The third-order valence-corrected chi connectivity index (χ3v) is 3.71. The first-order valence-corrected chi connectivity index (χ1v) is 9.15. The van der Waals surface area contributed by atoms with E-state index in [4.69, 9.17) is 11.2 Å². The van der Waals surface area contributed by atoms with Crippen molar-refractivity contribution < 1.29 is 9.53 Å². The zero-order valence-corrected chi connectivity index (χ0v) is 19.3. The van der Waals surface area contributed by atoms with Crippen molar-refractivity contribution in [3.05, 3.63) is 29.8 Å². The van der Waals surface area contributed by atoms with E-state index in [1.807, 2.05) is 19.1 Å². The van der Waals surface area contributed by atoms with Crippen LogP contribution in [0, 0.1) is 12.3 Å². The molecule has 1 rings (SSSR count). The second-order valence-electron chi connectivity index (χ2n) is 6.04. The molecule has 0 heterocycles. The zero-order chi connectivity index (χ0) is 19.9. The summed E-state index contributed by atoms with van der Waals surface area (Å²) < 4.78 is 5.06. The molecule has 156 valence electrons. The maximum Gasteiger partial charge on any atom is 0.246 e. The van der Waals surface area contributed by atoms with Gasteiger partial charge in [-0.15, -0.1) is 30.4 Å². The number of amides is 1. The van der Waals surface area contributed by atoms with Gasteiger partial charge in [0.2, 0.25) is 5.91 Å². The van der Waals surface area contributed by atoms with Crippen LogP contribution in [0.15, 0.2) is 29.3 Å². The molecule has 0 saturated heterocycles. The number of likely N-dealkylation sites (N-methyl/N-ethyl adjacent to an activating group) is 1. The summed E-state index contributed by atoms with van der Waals surface area (Å²) in [6.45, 7) is 6.09. The summed E-state index contributed by atoms with van der Waals surface area (Å²) in [4.78, 5) is 18.7. The van der Waals surface area contributed by atoms with Gasteiger partial charge >= 0.3 is 0 Å². The minimum atomic E-state index is -0.196. The van der Waals surface area contributed by atoms with E-state index in [1.54, 1.807) is 19.2 Å². The Morgan fingerprint density at radius 3 is 2.79 bits per heavy atom. The lowest BCUT2D eigenvalue weighted by Crippen LogP contribution is -2.41. The maximum absolute atomic E-state index is 12.1. The number of hydrogen-bond donors (Lipinski definition) is 3. The van der Waals surface area contributed by atoms with Gasteiger partial charge in [0.15, 0.2) is 5.96 Å². The molecule has 8 heteroatoms. The molecule has 0 fully saturated rings. The van der Waals surface area contributed by atoms with Crippen molar-refractivity contribution in [1.29, 1.82) is 0 Å². The van der Waals surface area contributed by atoms with Crippen LogP contribution in [0.3, 0.4) is 0 Å². The standard InChI is InChI=1S/C20H31N5O2.HI/c1-5-17-9-7-10-18(15-17)24-19(26)16-23-20(21-6-2)22-11-13-25(3)12-8-14-27-4;/h1,7,9-10,15H,6,8,11-14,16H2,2-4H3,(H,24,26)(H2,21,22,23);1H. The number of aliphatic imine (C=N–C) groups is 1. The number of benzene rings is 1. The summed E-state index contributed by atoms with van der Waals surface area (Å²) in [5.41, 5.74) is 1.39. The Kier molecular flexibility index (Phi) is 15.1. The minimum absolute atomic E-state index is 0. The van der Waals surface area contributed by atoms with Crippen LogP contribution in [0.1, 0.15) is 18.9 Å². The molecule has 0 atom stereocenters. The monoisotopic (exact) mass is 501 g/mol. The first-order chi connectivity index (χ1) is 13.1. The number of anilines is 1. The average Bonchev–Trinajstić information content (AvgIpc) is 2.66. The predicted octanol–water partition coefficient (Wildman–Crippen LogP) is 1.75. The quantitative estimate of drug-likeness (QED) is 0.142. The van der Waals surface area contributed by atoms with Gasteiger partial charge in [0, 0.05) is 51.1 Å². The molecule has 3 N–H and O–H groups in total. The highest BCUT2D eigenvalue weighted by Crippen LogP contribution is 2.09. The van der Waals surface area contributed by atoms with Crippen molar-refractivity contribution in [2.45, 2.75) is 13.3 Å². The molecular weight excluding hydrogens is 469 g/mol. The number of ether oxygens (including phenoxy) is 1. The third kappa shape index (κ3) is 11.8. The van der Waals surface area contributed by atoms with Gasteiger partial charge in [-0.2, -0.15) is 0 Å². The van der Waals surface area contributed by atoms with Gasteiger partial charge < -0.3 is 25.6 Å². The van der Waals surface area contributed by atoms with Crippen molar-refractivity contribution >= 4 is 41.5 Å². The Morgan fingerprint density at radius 2 is 2.11 bits per heavy atom. The van der Waals surface area contributed by atoms with E-state index >= 15 is 0 Å². The summed E-state index contributed by atoms with van der Waals surface area (Å²) in [5, 5.41) is 9.18. The maximum atomic E-state index is 12.1. The van der Waals surface area contributed by atoms with Crippen molar-refractivity contribution in [1.82, 2.24) is 15.5 Å². The van der Waals surface area contributed by atoms with Gasteiger partial charge in [-0.05, 0) is 38.6 Å². The molecule has 0 aromatic heterocycles. The normalized spacial score (nSPS) is 10.8. The highest BCUT2D eigenvalue weighted by atomic mass is 127. The number of carbonyl (C=O) groups excluding carboxylic acids is 1. The highest BCUT2D eigenvalue weighted by Gasteiger charge is 2.04. The molecule has 1 amide bonds. The lowest BCUT2D eigenvalue weighted by atomic mass is 10.2. The average molecular weight is 501 g/mol. The number of rotatable bonds is 11. The van der Waals surface area contributed by atoms with Crippen LogP contribution in [-0.2, 0) is 9.53 Å². The molecule has 0 aliphatic rings. The van der Waals surface area contributed by atoms with E-state index in [0.717, 1.165) is 44.8 Å². The topological polar surface area (TPSA) is 78.0 Å². The molecule has 0 radical (unpaired) electrons. The Balaban J connectivity index is 0.00000729. The smallest absolute Gasteiger partial charge is 0.246 e. The Bertz CT molecular complexity index is 646. The lowest BCUT2D eigenvalue weighted by molar-refractivity contribution is -0.114. The van der Waals surface area contributed by atoms with Gasteiger partial charge in [-0.1, -0.05) is 12.0 Å². The molecule has 0 unspecified atom stereocenters. The fraction of sp³-hybridized carbons (Fsp3) is 0.500. The lowest BCUT2D eigenvalue weighted by Gasteiger charge is -2.18. The van der Waals surface area contributed by atoms with Crippen LogP contribution in [0.5, 0.6) is 0 Å². The van der Waals surface area contributed by atoms with Crippen molar-refractivity contribution in [2.75, 3.05) is 58.8 Å². The largest absolute Gasteiger partial charge is 0.385 e. The Morgan fingerprint density at radius 1 is 1.32 bits per heavy atom. The van der Waals surface area contributed by atoms with Crippen LogP contribution >= 0.6 is 24.0 Å². The second-order valence-corrected chi connectivity index (χ2v) is 6.04. The Labute approximate surface area is 185 Å². The SMILES string of the molecule is C#Cc1cccc(NC(=O)CN=C(NCC)NCCN(C)CCCOC)c1.I. The first-order valence-electron chi connectivity index (χ1n) is 9.15. The number of halogens is 1. The molecule has 0 aliphatic heterocycles. The predicted molar refractivity (Wildman–Crippen MR) is 126 cm³/mol. The van der Waals surface area contributed by atoms with Crippen LogP contribution in [0.25, 0.3) is 0 Å². The van der Waals surface area contributed by atoms with Crippen LogP contribution in [0.4, 0.5) is 5.69 Å². The van der Waals surface area contributed by atoms with E-state index in [2.05, 4.69) is 38.8 Å². The molecule has 7 nitrogen and oxygen atoms in total. The fourth-order valence-corrected chi connectivity index (χ4v) is 2.34. The number of terminal acetylenes is 1. The van der Waals surface area contributed by atoms with Crippen molar-refractivity contribution in [3.63, 3.8) is 0 Å². The first kappa shape index (κ1) is 26.2. The van der Waals surface area contributed by atoms with E-state index in [-0.39, 0.29) is 36.4 Å². The van der Waals surface area contributed by atoms with Crippen LogP contribution in [-0.4, -0.2) is 70.3 Å². The van der Waals surface area contributed by atoms with E-state index in [0.29, 0.717) is 11.6 Å². The van der Waals surface area contributed by atoms with Gasteiger partial charge in [0.05, 0.1) is 0 Å². The van der Waals surface area contributed by atoms with Gasteiger partial charge in [-0.25, -0.2) is 4.99 Å². The number of nitrogens with zero attached hydrogens (tertiary/aromatic N) is 2. The van der Waals surface area contributed by atoms with E-state index in [1.165, 1.54) is 0 Å². The van der Waals surface area contributed by atoms with Crippen LogP contribution in [0.2, 0.25) is 0 Å². The number of nitrogens with one attached hydrogen (secondary N) is 3. The molecule has 0 aliphatic carbocycles. The van der Waals surface area contributed by atoms with Gasteiger partial charge in [0.1, 0.15) is 6.54 Å². The summed E-state index contributed by atoms with van der Waals surface area (Å²) in [7, 11) is 3.78. The fourth-order valence-electron chi connectivity index (χ4n) is 2.34.